The molecule has 2 fully saturated rings. The van der Waals surface area contributed by atoms with Crippen molar-refractivity contribution in [1.82, 2.24) is 25.2 Å². The van der Waals surface area contributed by atoms with E-state index in [1.54, 1.807) is 0 Å². The van der Waals surface area contributed by atoms with Crippen molar-refractivity contribution in [2.75, 3.05) is 6.54 Å². The van der Waals surface area contributed by atoms with Gasteiger partial charge in [-0.2, -0.15) is 4.98 Å². The maximum atomic E-state index is 5.73. The van der Waals surface area contributed by atoms with Crippen molar-refractivity contribution in [2.24, 2.45) is 0 Å². The highest BCUT2D eigenvalue weighted by Gasteiger charge is 2.32. The SMILES string of the molecule is Cc1nc([C@@H]2CCCN2Cc2nnc(C3CC3)o2)no1. The first kappa shape index (κ1) is 12.0. The molecule has 1 saturated carbocycles. The second-order valence-electron chi connectivity index (χ2n) is 5.61. The van der Waals surface area contributed by atoms with Gasteiger partial charge in [0.2, 0.25) is 17.7 Å². The molecule has 0 bridgehead atoms. The molecule has 2 aromatic rings. The van der Waals surface area contributed by atoms with E-state index in [4.69, 9.17) is 8.94 Å². The van der Waals surface area contributed by atoms with Crippen LogP contribution in [0.15, 0.2) is 8.94 Å². The zero-order chi connectivity index (χ0) is 13.5. The van der Waals surface area contributed by atoms with Crippen molar-refractivity contribution in [3.8, 4) is 0 Å². The van der Waals surface area contributed by atoms with Crippen molar-refractivity contribution in [3.63, 3.8) is 0 Å². The average molecular weight is 275 g/mol. The first-order valence-corrected chi connectivity index (χ1v) is 7.16. The van der Waals surface area contributed by atoms with Crippen LogP contribution in [0.2, 0.25) is 0 Å². The van der Waals surface area contributed by atoms with Crippen LogP contribution in [0.4, 0.5) is 0 Å². The second kappa shape index (κ2) is 4.66. The van der Waals surface area contributed by atoms with Crippen LogP contribution in [-0.4, -0.2) is 31.8 Å². The maximum Gasteiger partial charge on any atom is 0.230 e. The number of likely N-dealkylation sites (tertiary alicyclic amines) is 1. The van der Waals surface area contributed by atoms with Crippen molar-refractivity contribution < 1.29 is 8.94 Å². The van der Waals surface area contributed by atoms with Gasteiger partial charge in [0.25, 0.3) is 0 Å². The van der Waals surface area contributed by atoms with Gasteiger partial charge in [0.15, 0.2) is 5.82 Å². The minimum absolute atomic E-state index is 0.198. The van der Waals surface area contributed by atoms with Crippen LogP contribution in [0.1, 0.15) is 61.1 Å². The quantitative estimate of drug-likeness (QED) is 0.843. The summed E-state index contributed by atoms with van der Waals surface area (Å²) < 4.78 is 10.8. The van der Waals surface area contributed by atoms with Crippen LogP contribution in [0, 0.1) is 6.92 Å². The van der Waals surface area contributed by atoms with Crippen LogP contribution >= 0.6 is 0 Å². The van der Waals surface area contributed by atoms with Gasteiger partial charge in [0.1, 0.15) is 0 Å². The molecular formula is C13H17N5O2. The predicted octanol–water partition coefficient (Wildman–Crippen LogP) is 1.98. The molecule has 4 rings (SSSR count). The van der Waals surface area contributed by atoms with E-state index in [0.29, 0.717) is 24.2 Å². The fourth-order valence-corrected chi connectivity index (χ4v) is 2.76. The molecule has 20 heavy (non-hydrogen) atoms. The van der Waals surface area contributed by atoms with Gasteiger partial charge in [0.05, 0.1) is 12.6 Å². The van der Waals surface area contributed by atoms with Crippen molar-refractivity contribution >= 4 is 0 Å². The molecule has 0 radical (unpaired) electrons. The average Bonchev–Trinajstić information content (AvgIpc) is 2.86. The Balaban J connectivity index is 1.48. The smallest absolute Gasteiger partial charge is 0.230 e. The lowest BCUT2D eigenvalue weighted by molar-refractivity contribution is 0.210. The second-order valence-corrected chi connectivity index (χ2v) is 5.61. The van der Waals surface area contributed by atoms with Gasteiger partial charge in [-0.1, -0.05) is 5.16 Å². The topological polar surface area (TPSA) is 81.1 Å². The highest BCUT2D eigenvalue weighted by Crippen LogP contribution is 2.39. The first-order chi connectivity index (χ1) is 9.79. The van der Waals surface area contributed by atoms with Gasteiger partial charge in [-0.3, -0.25) is 4.90 Å². The summed E-state index contributed by atoms with van der Waals surface area (Å²) in [5.74, 6) is 3.37. The highest BCUT2D eigenvalue weighted by molar-refractivity contribution is 5.01. The summed E-state index contributed by atoms with van der Waals surface area (Å²) in [6.07, 6.45) is 4.52. The van der Waals surface area contributed by atoms with Gasteiger partial charge in [0, 0.05) is 12.8 Å². The molecule has 0 N–H and O–H groups in total. The summed E-state index contributed by atoms with van der Waals surface area (Å²) in [5.41, 5.74) is 0. The van der Waals surface area contributed by atoms with Crippen LogP contribution < -0.4 is 0 Å². The fourth-order valence-electron chi connectivity index (χ4n) is 2.76. The molecular weight excluding hydrogens is 258 g/mol. The Labute approximate surface area is 116 Å². The standard InChI is InChI=1S/C13H17N5O2/c1-8-14-12(17-20-8)10-3-2-6-18(10)7-11-15-16-13(19-11)9-4-5-9/h9-10H,2-7H2,1H3/t10-/m0/s1. The number of rotatable bonds is 4. The van der Waals surface area contributed by atoms with E-state index in [1.165, 1.54) is 12.8 Å². The van der Waals surface area contributed by atoms with Crippen LogP contribution in [0.25, 0.3) is 0 Å². The Morgan fingerprint density at radius 2 is 2.15 bits per heavy atom. The van der Waals surface area contributed by atoms with E-state index < -0.39 is 0 Å². The number of hydrogen-bond donors (Lipinski definition) is 0. The lowest BCUT2D eigenvalue weighted by Crippen LogP contribution is -2.23. The summed E-state index contributed by atoms with van der Waals surface area (Å²) in [6.45, 7) is 3.48. The van der Waals surface area contributed by atoms with E-state index in [9.17, 15) is 0 Å². The zero-order valence-corrected chi connectivity index (χ0v) is 11.4. The Morgan fingerprint density at radius 3 is 2.90 bits per heavy atom. The third-order valence-electron chi connectivity index (χ3n) is 3.95. The van der Waals surface area contributed by atoms with Crippen LogP contribution in [0.5, 0.6) is 0 Å². The summed E-state index contributed by atoms with van der Waals surface area (Å²) in [6, 6.07) is 0.198. The highest BCUT2D eigenvalue weighted by atomic mass is 16.5. The number of aryl methyl sites for hydroxylation is 1. The molecule has 0 unspecified atom stereocenters. The number of aromatic nitrogens is 4. The van der Waals surface area contributed by atoms with Gasteiger partial charge >= 0.3 is 0 Å². The summed E-state index contributed by atoms with van der Waals surface area (Å²) in [5, 5.41) is 12.3. The van der Waals surface area contributed by atoms with Crippen LogP contribution in [0.3, 0.4) is 0 Å². The minimum Gasteiger partial charge on any atom is -0.424 e. The Hall–Kier alpha value is -1.76. The molecule has 0 spiro atoms. The number of nitrogens with zero attached hydrogens (tertiary/aromatic N) is 5. The molecule has 1 atom stereocenters. The molecule has 1 saturated heterocycles. The fraction of sp³-hybridized carbons (Fsp3) is 0.692. The molecule has 2 aliphatic rings. The summed E-state index contributed by atoms with van der Waals surface area (Å²) >= 11 is 0. The Bertz CT molecular complexity index is 603. The zero-order valence-electron chi connectivity index (χ0n) is 11.4. The van der Waals surface area contributed by atoms with Gasteiger partial charge < -0.3 is 8.94 Å². The maximum absolute atomic E-state index is 5.73. The van der Waals surface area contributed by atoms with Crippen molar-refractivity contribution in [1.29, 1.82) is 0 Å². The summed E-state index contributed by atoms with van der Waals surface area (Å²) in [4.78, 5) is 6.63. The van der Waals surface area contributed by atoms with E-state index in [-0.39, 0.29) is 6.04 Å². The molecule has 7 heteroatoms. The lowest BCUT2D eigenvalue weighted by Gasteiger charge is -2.19. The van der Waals surface area contributed by atoms with E-state index in [2.05, 4.69) is 25.2 Å². The molecule has 1 aliphatic heterocycles. The largest absolute Gasteiger partial charge is 0.424 e. The van der Waals surface area contributed by atoms with E-state index >= 15 is 0 Å². The number of hydrogen-bond acceptors (Lipinski definition) is 7. The predicted molar refractivity (Wildman–Crippen MR) is 67.7 cm³/mol. The first-order valence-electron chi connectivity index (χ1n) is 7.16. The molecule has 7 nitrogen and oxygen atoms in total. The van der Waals surface area contributed by atoms with Gasteiger partial charge in [-0.05, 0) is 32.2 Å². The molecule has 0 aromatic carbocycles. The van der Waals surface area contributed by atoms with Gasteiger partial charge in [-0.25, -0.2) is 0 Å². The van der Waals surface area contributed by atoms with E-state index in [0.717, 1.165) is 31.1 Å². The van der Waals surface area contributed by atoms with E-state index in [1.807, 2.05) is 6.92 Å². The minimum atomic E-state index is 0.198. The molecule has 106 valence electrons. The molecule has 2 aromatic heterocycles. The molecule has 1 aliphatic carbocycles. The normalized spacial score (nSPS) is 23.6. The third-order valence-corrected chi connectivity index (χ3v) is 3.95. The monoisotopic (exact) mass is 275 g/mol. The van der Waals surface area contributed by atoms with Crippen LogP contribution in [-0.2, 0) is 6.54 Å². The molecule has 0 amide bonds. The lowest BCUT2D eigenvalue weighted by atomic mass is 10.2. The Morgan fingerprint density at radius 1 is 1.25 bits per heavy atom. The third kappa shape index (κ3) is 2.22. The Kier molecular flexibility index (Phi) is 2.80. The van der Waals surface area contributed by atoms with Crippen molar-refractivity contribution in [2.45, 2.75) is 51.1 Å². The molecule has 3 heterocycles. The summed E-state index contributed by atoms with van der Waals surface area (Å²) in [7, 11) is 0. The van der Waals surface area contributed by atoms with Gasteiger partial charge in [-0.15, -0.1) is 10.2 Å². The van der Waals surface area contributed by atoms with Crippen molar-refractivity contribution in [3.05, 3.63) is 23.5 Å².